The largest absolute Gasteiger partial charge is 0.377 e. The van der Waals surface area contributed by atoms with Crippen molar-refractivity contribution in [2.75, 3.05) is 4.90 Å². The van der Waals surface area contributed by atoms with Crippen molar-refractivity contribution in [3.8, 4) is 5.75 Å². The second kappa shape index (κ2) is 9.88. The van der Waals surface area contributed by atoms with Crippen LogP contribution in [0.15, 0.2) is 75.6 Å². The summed E-state index contributed by atoms with van der Waals surface area (Å²) in [4.78, 5) is 38.8. The Morgan fingerprint density at radius 1 is 0.972 bits per heavy atom. The van der Waals surface area contributed by atoms with Crippen LogP contribution in [0.1, 0.15) is 16.7 Å². The molecule has 4 rings (SSSR count). The lowest BCUT2D eigenvalue weighted by atomic mass is 10.1. The van der Waals surface area contributed by atoms with E-state index in [1.807, 2.05) is 6.92 Å². The summed E-state index contributed by atoms with van der Waals surface area (Å²) < 4.78 is 31.1. The molecule has 0 spiro atoms. The highest BCUT2D eigenvalue weighted by Gasteiger charge is 2.37. The van der Waals surface area contributed by atoms with E-state index in [0.29, 0.717) is 11.3 Å². The second-order valence-corrected chi connectivity index (χ2v) is 10.7. The van der Waals surface area contributed by atoms with Gasteiger partial charge in [0.1, 0.15) is 10.5 Å². The summed E-state index contributed by atoms with van der Waals surface area (Å²) in [6.45, 7) is 3.63. The van der Waals surface area contributed by atoms with Crippen molar-refractivity contribution in [3.63, 3.8) is 0 Å². The number of halogens is 2. The molecule has 0 radical (unpaired) electrons. The summed E-state index contributed by atoms with van der Waals surface area (Å²) in [6, 6.07) is 14.2. The van der Waals surface area contributed by atoms with Gasteiger partial charge in [0.25, 0.3) is 11.8 Å². The van der Waals surface area contributed by atoms with E-state index in [1.54, 1.807) is 37.3 Å². The smallest absolute Gasteiger partial charge is 0.339 e. The molecule has 1 fully saturated rings. The third-order valence-electron chi connectivity index (χ3n) is 5.28. The minimum atomic E-state index is -4.13. The number of amides is 4. The van der Waals surface area contributed by atoms with Crippen molar-refractivity contribution >= 4 is 67.3 Å². The number of barbiturate groups is 1. The van der Waals surface area contributed by atoms with Crippen LogP contribution in [0.2, 0.25) is 5.02 Å². The van der Waals surface area contributed by atoms with Gasteiger partial charge in [-0.1, -0.05) is 51.3 Å². The molecule has 184 valence electrons. The van der Waals surface area contributed by atoms with Gasteiger partial charge < -0.3 is 4.18 Å². The van der Waals surface area contributed by atoms with Crippen LogP contribution in [0.25, 0.3) is 6.08 Å². The molecule has 1 heterocycles. The first-order valence-electron chi connectivity index (χ1n) is 10.4. The molecule has 1 N–H and O–H groups in total. The number of hydrogen-bond donors (Lipinski definition) is 1. The molecule has 3 aromatic rings. The van der Waals surface area contributed by atoms with Gasteiger partial charge >= 0.3 is 16.1 Å². The molecule has 1 saturated heterocycles. The van der Waals surface area contributed by atoms with Crippen LogP contribution < -0.4 is 14.4 Å². The topological polar surface area (TPSA) is 110 Å². The summed E-state index contributed by atoms with van der Waals surface area (Å²) in [5, 5.41) is 2.10. The van der Waals surface area contributed by atoms with Crippen LogP contribution in [0.3, 0.4) is 0 Å². The molecule has 0 bridgehead atoms. The van der Waals surface area contributed by atoms with Gasteiger partial charge in [-0.2, -0.15) is 8.42 Å². The lowest BCUT2D eigenvalue weighted by Gasteiger charge is -2.26. The number of anilines is 1. The number of carbonyl (C=O) groups is 3. The minimum Gasteiger partial charge on any atom is -0.377 e. The Balaban J connectivity index is 1.62. The second-order valence-electron chi connectivity index (χ2n) is 7.93. The molecule has 0 atom stereocenters. The van der Waals surface area contributed by atoms with Crippen LogP contribution in [0.4, 0.5) is 10.5 Å². The molecular weight excluding hydrogens is 572 g/mol. The summed E-state index contributed by atoms with van der Waals surface area (Å²) in [6.07, 6.45) is 1.26. The SMILES string of the molecule is Cc1ccc(S(=O)(=O)Oc2ccc(/C=C3/C(=O)NC(=O)N(c4ccc(Br)c(C)c4)C3=O)cc2Cl)cc1. The molecule has 0 aliphatic carbocycles. The van der Waals surface area contributed by atoms with Crippen LogP contribution >= 0.6 is 27.5 Å². The molecule has 1 aliphatic heterocycles. The number of urea groups is 1. The van der Waals surface area contributed by atoms with Crippen molar-refractivity contribution in [1.29, 1.82) is 0 Å². The average molecular weight is 590 g/mol. The number of rotatable bonds is 5. The highest BCUT2D eigenvalue weighted by Crippen LogP contribution is 2.31. The zero-order valence-corrected chi connectivity index (χ0v) is 22.1. The Morgan fingerprint density at radius 2 is 1.67 bits per heavy atom. The van der Waals surface area contributed by atoms with Gasteiger partial charge in [0, 0.05) is 4.47 Å². The van der Waals surface area contributed by atoms with Crippen molar-refractivity contribution in [3.05, 3.63) is 92.4 Å². The first kappa shape index (κ1) is 25.6. The van der Waals surface area contributed by atoms with Crippen LogP contribution in [-0.4, -0.2) is 26.3 Å². The zero-order chi connectivity index (χ0) is 26.2. The van der Waals surface area contributed by atoms with Crippen molar-refractivity contribution < 1.29 is 27.0 Å². The first-order valence-corrected chi connectivity index (χ1v) is 13.0. The maximum absolute atomic E-state index is 13.1. The van der Waals surface area contributed by atoms with Crippen molar-refractivity contribution in [1.82, 2.24) is 5.32 Å². The molecule has 1 aliphatic rings. The van der Waals surface area contributed by atoms with E-state index in [4.69, 9.17) is 15.8 Å². The Labute approximate surface area is 220 Å². The molecule has 3 aromatic carbocycles. The lowest BCUT2D eigenvalue weighted by Crippen LogP contribution is -2.54. The number of aryl methyl sites for hydroxylation is 2. The number of nitrogens with zero attached hydrogens (tertiary/aromatic N) is 1. The van der Waals surface area contributed by atoms with Gasteiger partial charge in [-0.05, 0) is 73.5 Å². The van der Waals surface area contributed by atoms with Gasteiger partial charge in [-0.3, -0.25) is 14.9 Å². The number of hydrogen-bond acceptors (Lipinski definition) is 6. The Morgan fingerprint density at radius 3 is 2.31 bits per heavy atom. The lowest BCUT2D eigenvalue weighted by molar-refractivity contribution is -0.122. The standard InChI is InChI=1S/C25H18BrClN2O6S/c1-14-3-7-18(8-4-14)36(33,34)35-22-10-5-16(13-21(22)27)12-19-23(30)28-25(32)29(24(19)31)17-6-9-20(26)15(2)11-17/h3-13H,1-2H3,(H,28,30,32)/b19-12-. The third-order valence-corrected chi connectivity index (χ3v) is 7.71. The molecule has 4 amide bonds. The van der Waals surface area contributed by atoms with Crippen molar-refractivity contribution in [2.45, 2.75) is 18.7 Å². The minimum absolute atomic E-state index is 0.0345. The molecule has 0 unspecified atom stereocenters. The van der Waals surface area contributed by atoms with Crippen molar-refractivity contribution in [2.24, 2.45) is 0 Å². The maximum Gasteiger partial charge on any atom is 0.339 e. The molecule has 0 aromatic heterocycles. The van der Waals surface area contributed by atoms with Gasteiger partial charge in [-0.15, -0.1) is 0 Å². The van der Waals surface area contributed by atoms with Gasteiger partial charge in [0.15, 0.2) is 5.75 Å². The van der Waals surface area contributed by atoms with E-state index in [-0.39, 0.29) is 21.2 Å². The molecule has 11 heteroatoms. The number of nitrogens with one attached hydrogen (secondary N) is 1. The number of benzene rings is 3. The van der Waals surface area contributed by atoms with Crippen LogP contribution in [0, 0.1) is 13.8 Å². The van der Waals surface area contributed by atoms with E-state index >= 15 is 0 Å². The van der Waals surface area contributed by atoms with Crippen LogP contribution in [-0.2, 0) is 19.7 Å². The molecule has 36 heavy (non-hydrogen) atoms. The fraction of sp³-hybridized carbons (Fsp3) is 0.0800. The fourth-order valence-electron chi connectivity index (χ4n) is 3.37. The third kappa shape index (κ3) is 5.20. The normalized spacial score (nSPS) is 15.3. The van der Waals surface area contributed by atoms with E-state index in [1.165, 1.54) is 36.4 Å². The quantitative estimate of drug-likeness (QED) is 0.250. The number of carbonyl (C=O) groups excluding carboxylic acids is 3. The van der Waals surface area contributed by atoms with Crippen LogP contribution in [0.5, 0.6) is 5.75 Å². The Bertz CT molecular complexity index is 1550. The Kier molecular flexibility index (Phi) is 7.03. The highest BCUT2D eigenvalue weighted by molar-refractivity contribution is 9.10. The van der Waals surface area contributed by atoms with Gasteiger partial charge in [0.05, 0.1) is 10.7 Å². The monoisotopic (exact) mass is 588 g/mol. The number of imide groups is 2. The summed E-state index contributed by atoms with van der Waals surface area (Å²) in [7, 11) is -4.13. The summed E-state index contributed by atoms with van der Waals surface area (Å²) in [5.41, 5.74) is 1.99. The van der Waals surface area contributed by atoms with E-state index in [9.17, 15) is 22.8 Å². The molecule has 8 nitrogen and oxygen atoms in total. The van der Waals surface area contributed by atoms with E-state index < -0.39 is 28.0 Å². The van der Waals surface area contributed by atoms with E-state index in [2.05, 4.69) is 21.2 Å². The summed E-state index contributed by atoms with van der Waals surface area (Å²) in [5.74, 6) is -1.81. The highest BCUT2D eigenvalue weighted by atomic mass is 79.9. The maximum atomic E-state index is 13.1. The molecule has 0 saturated carbocycles. The van der Waals surface area contributed by atoms with Gasteiger partial charge in [0.2, 0.25) is 0 Å². The van der Waals surface area contributed by atoms with E-state index in [0.717, 1.165) is 20.5 Å². The Hall–Kier alpha value is -3.47. The summed E-state index contributed by atoms with van der Waals surface area (Å²) >= 11 is 9.61. The molecular formula is C25H18BrClN2O6S. The fourth-order valence-corrected chi connectivity index (χ4v) is 4.84. The predicted octanol–water partition coefficient (Wildman–Crippen LogP) is 5.15. The average Bonchev–Trinajstić information content (AvgIpc) is 2.81. The first-order chi connectivity index (χ1) is 17.0. The predicted molar refractivity (Wildman–Crippen MR) is 138 cm³/mol. The van der Waals surface area contributed by atoms with Gasteiger partial charge in [-0.25, -0.2) is 9.69 Å². The zero-order valence-electron chi connectivity index (χ0n) is 18.9.